The highest BCUT2D eigenvalue weighted by Crippen LogP contribution is 2.47. The lowest BCUT2D eigenvalue weighted by molar-refractivity contribution is -0.143. The van der Waals surface area contributed by atoms with Gasteiger partial charge in [-0.25, -0.2) is 13.2 Å². The minimum atomic E-state index is -3.81. The van der Waals surface area contributed by atoms with Crippen LogP contribution in [0, 0.1) is 5.41 Å². The van der Waals surface area contributed by atoms with E-state index < -0.39 is 58.3 Å². The van der Waals surface area contributed by atoms with E-state index >= 15 is 0 Å². The molecule has 2 amide bonds. The van der Waals surface area contributed by atoms with Crippen LogP contribution < -0.4 is 20.3 Å². The second-order valence-corrected chi connectivity index (χ2v) is 15.4. The molecule has 50 heavy (non-hydrogen) atoms. The lowest BCUT2D eigenvalue weighted by Gasteiger charge is -2.37. The fraction of sp³-hybridized carbons (Fsp3) is 0.432. The summed E-state index contributed by atoms with van der Waals surface area (Å²) in [5.74, 6) is -2.75. The van der Waals surface area contributed by atoms with E-state index in [0.29, 0.717) is 22.7 Å². The molecule has 0 aromatic heterocycles. The summed E-state index contributed by atoms with van der Waals surface area (Å²) in [4.78, 5) is 40.7. The number of aliphatic hydroxyl groups excluding tert-OH is 1. The molecule has 0 bridgehead atoms. The molecule has 270 valence electrons. The van der Waals surface area contributed by atoms with E-state index in [-0.39, 0.29) is 16.4 Å². The molecule has 3 aromatic rings. The topological polar surface area (TPSA) is 162 Å². The molecule has 11 nitrogen and oxygen atoms in total. The molecule has 1 aliphatic rings. The van der Waals surface area contributed by atoms with Gasteiger partial charge >= 0.3 is 5.97 Å². The van der Waals surface area contributed by atoms with Crippen LogP contribution in [-0.2, 0) is 24.2 Å². The largest absolute Gasteiger partial charge is 0.483 e. The van der Waals surface area contributed by atoms with Crippen molar-refractivity contribution in [3.63, 3.8) is 0 Å². The number of nitrogens with zero attached hydrogens (tertiary/aromatic N) is 1. The van der Waals surface area contributed by atoms with Crippen LogP contribution in [0.25, 0.3) is 0 Å². The number of benzene rings is 3. The second kappa shape index (κ2) is 17.7. The summed E-state index contributed by atoms with van der Waals surface area (Å²) in [5, 5.41) is 23.6. The zero-order chi connectivity index (χ0) is 36.3. The van der Waals surface area contributed by atoms with Crippen LogP contribution in [0.4, 0.5) is 11.4 Å². The van der Waals surface area contributed by atoms with Gasteiger partial charge < -0.3 is 30.5 Å². The number of anilines is 2. The Morgan fingerprint density at radius 2 is 1.58 bits per heavy atom. The molecule has 0 radical (unpaired) electrons. The highest BCUT2D eigenvalue weighted by atomic mass is 32.2. The quantitative estimate of drug-likeness (QED) is 0.131. The predicted molar refractivity (Wildman–Crippen MR) is 195 cm³/mol. The number of rotatable bonds is 17. The zero-order valence-corrected chi connectivity index (χ0v) is 30.4. The normalized spacial score (nSPS) is 16.0. The van der Waals surface area contributed by atoms with Crippen LogP contribution in [0.1, 0.15) is 64.0 Å². The van der Waals surface area contributed by atoms with E-state index in [0.717, 1.165) is 44.2 Å². The maximum Gasteiger partial charge on any atom is 0.328 e. The standard InChI is InChI=1S/C37H47N3O8S2/c1-4-6-18-37(19-7-5-2)24-40(27-16-12-9-13-17-27)29-20-31(49-3)30(21-32(29)50(46,47)25-37)48-23-33(42)39-34(26-14-10-8-11-15-26)35(43)38-28(22-41)36(44)45/h8-17,20-21,28,34,41H,4-7,18-19,22-25H2,1-3H3,(H,38,43)(H,39,42)(H,44,45)/t28-,34?/m1/s1. The summed E-state index contributed by atoms with van der Waals surface area (Å²) in [5.41, 5.74) is 1.37. The van der Waals surface area contributed by atoms with E-state index in [1.54, 1.807) is 30.3 Å². The Hall–Kier alpha value is -4.07. The Kier molecular flexibility index (Phi) is 13.7. The first-order valence-electron chi connectivity index (χ1n) is 16.9. The molecule has 4 N–H and O–H groups in total. The van der Waals surface area contributed by atoms with Crippen molar-refractivity contribution in [2.24, 2.45) is 5.41 Å². The first kappa shape index (κ1) is 38.7. The second-order valence-electron chi connectivity index (χ2n) is 12.6. The molecule has 1 unspecified atom stereocenters. The minimum absolute atomic E-state index is 0.00603. The van der Waals surface area contributed by atoms with Gasteiger partial charge in [0, 0.05) is 23.7 Å². The summed E-state index contributed by atoms with van der Waals surface area (Å²) in [7, 11) is -3.81. The lowest BCUT2D eigenvalue weighted by atomic mass is 9.79. The third-order valence-corrected chi connectivity index (χ3v) is 11.7. The number of hydrogen-bond donors (Lipinski definition) is 4. The van der Waals surface area contributed by atoms with Crippen LogP contribution >= 0.6 is 11.8 Å². The molecule has 0 fully saturated rings. The number of hydrogen-bond acceptors (Lipinski definition) is 9. The SMILES string of the molecule is CCCCC1(CCCC)CN(c2ccccc2)c2cc(SC)c(OCC(=O)NC(C(=O)N[C@H](CO)C(=O)O)c3ccccc3)cc2S(=O)(=O)C1. The molecule has 4 rings (SSSR count). The average molecular weight is 726 g/mol. The Balaban J connectivity index is 1.68. The van der Waals surface area contributed by atoms with E-state index in [4.69, 9.17) is 4.74 Å². The van der Waals surface area contributed by atoms with Crippen LogP contribution in [-0.4, -0.2) is 74.2 Å². The molecule has 0 spiro atoms. The summed E-state index contributed by atoms with van der Waals surface area (Å²) in [6, 6.07) is 18.5. The van der Waals surface area contributed by atoms with Crippen molar-refractivity contribution >= 4 is 50.8 Å². The van der Waals surface area contributed by atoms with Gasteiger partial charge in [-0.1, -0.05) is 88.1 Å². The number of carbonyl (C=O) groups excluding carboxylic acids is 2. The van der Waals surface area contributed by atoms with Gasteiger partial charge in [0.25, 0.3) is 5.91 Å². The number of unbranched alkanes of at least 4 members (excludes halogenated alkanes) is 2. The molecule has 2 atom stereocenters. The maximum absolute atomic E-state index is 14.4. The number of fused-ring (bicyclic) bond motifs is 1. The van der Waals surface area contributed by atoms with Crippen molar-refractivity contribution in [2.45, 2.75) is 74.2 Å². The average Bonchev–Trinajstić information content (AvgIpc) is 3.21. The van der Waals surface area contributed by atoms with Crippen molar-refractivity contribution in [1.82, 2.24) is 10.6 Å². The number of nitrogens with one attached hydrogen (secondary N) is 2. The fourth-order valence-corrected chi connectivity index (χ4v) is 8.98. The van der Waals surface area contributed by atoms with Crippen LogP contribution in [0.15, 0.2) is 82.6 Å². The number of thioether (sulfide) groups is 1. The number of amides is 2. The first-order valence-corrected chi connectivity index (χ1v) is 19.7. The number of carboxylic acids is 1. The fourth-order valence-electron chi connectivity index (χ4n) is 6.31. The summed E-state index contributed by atoms with van der Waals surface area (Å²) >= 11 is 1.36. The van der Waals surface area contributed by atoms with Gasteiger partial charge in [-0.3, -0.25) is 9.59 Å². The van der Waals surface area contributed by atoms with E-state index in [2.05, 4.69) is 29.4 Å². The van der Waals surface area contributed by atoms with Gasteiger partial charge in [0.05, 0.1) is 27.8 Å². The number of aliphatic carboxylic acids is 1. The Bertz CT molecular complexity index is 1710. The summed E-state index contributed by atoms with van der Waals surface area (Å²) in [6.07, 6.45) is 7.14. The molecule has 13 heteroatoms. The van der Waals surface area contributed by atoms with Crippen molar-refractivity contribution in [2.75, 3.05) is 36.7 Å². The number of para-hydroxylation sites is 1. The zero-order valence-electron chi connectivity index (χ0n) is 28.8. The van der Waals surface area contributed by atoms with Gasteiger partial charge in [-0.15, -0.1) is 11.8 Å². The highest BCUT2D eigenvalue weighted by molar-refractivity contribution is 7.98. The number of ether oxygens (including phenoxy) is 1. The first-order chi connectivity index (χ1) is 24.0. The van der Waals surface area contributed by atoms with Crippen LogP contribution in [0.5, 0.6) is 5.75 Å². The molecule has 3 aromatic carbocycles. The number of sulfone groups is 1. The molecular formula is C37H47N3O8S2. The Morgan fingerprint density at radius 3 is 2.14 bits per heavy atom. The van der Waals surface area contributed by atoms with Gasteiger partial charge in [0.1, 0.15) is 17.8 Å². The van der Waals surface area contributed by atoms with Crippen molar-refractivity contribution in [3.8, 4) is 5.75 Å². The van der Waals surface area contributed by atoms with E-state index in [1.807, 2.05) is 42.7 Å². The molecule has 0 saturated heterocycles. The summed E-state index contributed by atoms with van der Waals surface area (Å²) in [6.45, 7) is 3.39. The van der Waals surface area contributed by atoms with Crippen molar-refractivity contribution in [3.05, 3.63) is 78.4 Å². The molecular weight excluding hydrogens is 679 g/mol. The van der Waals surface area contributed by atoms with Crippen molar-refractivity contribution < 1.29 is 37.8 Å². The molecule has 0 aliphatic carbocycles. The summed E-state index contributed by atoms with van der Waals surface area (Å²) < 4.78 is 34.7. The van der Waals surface area contributed by atoms with Gasteiger partial charge in [0.15, 0.2) is 16.4 Å². The molecule has 1 aliphatic heterocycles. The minimum Gasteiger partial charge on any atom is -0.483 e. The van der Waals surface area contributed by atoms with Crippen LogP contribution in [0.3, 0.4) is 0 Å². The Morgan fingerprint density at radius 1 is 0.960 bits per heavy atom. The monoisotopic (exact) mass is 725 g/mol. The van der Waals surface area contributed by atoms with Crippen molar-refractivity contribution in [1.29, 1.82) is 0 Å². The highest BCUT2D eigenvalue weighted by Gasteiger charge is 2.42. The number of carboxylic acid groups (broad SMARTS) is 1. The third-order valence-electron chi connectivity index (χ3n) is 8.91. The number of aliphatic hydroxyl groups is 1. The van der Waals surface area contributed by atoms with E-state index in [1.165, 1.54) is 17.8 Å². The molecule has 1 heterocycles. The van der Waals surface area contributed by atoms with Gasteiger partial charge in [-0.05, 0) is 42.9 Å². The smallest absolute Gasteiger partial charge is 0.328 e. The van der Waals surface area contributed by atoms with Crippen LogP contribution in [0.2, 0.25) is 0 Å². The number of carbonyl (C=O) groups is 3. The lowest BCUT2D eigenvalue weighted by Crippen LogP contribution is -2.49. The predicted octanol–water partition coefficient (Wildman–Crippen LogP) is 5.50. The Labute approximate surface area is 298 Å². The van der Waals surface area contributed by atoms with Gasteiger partial charge in [0.2, 0.25) is 5.91 Å². The van der Waals surface area contributed by atoms with E-state index in [9.17, 15) is 33.0 Å². The third kappa shape index (κ3) is 9.58. The van der Waals surface area contributed by atoms with Gasteiger partial charge in [-0.2, -0.15) is 0 Å². The maximum atomic E-state index is 14.4. The molecule has 0 saturated carbocycles.